The molecule has 4 aliphatic carbocycles. The van der Waals surface area contributed by atoms with Gasteiger partial charge in [-0.1, -0.05) is 44.1 Å². The first-order chi connectivity index (χ1) is 21.6. The van der Waals surface area contributed by atoms with E-state index in [2.05, 4.69) is 13.0 Å². The van der Waals surface area contributed by atoms with Gasteiger partial charge in [0.2, 0.25) is 0 Å². The van der Waals surface area contributed by atoms with Crippen molar-refractivity contribution in [2.24, 2.45) is 39.4 Å². The van der Waals surface area contributed by atoms with Gasteiger partial charge in [0.05, 0.1) is 24.4 Å². The van der Waals surface area contributed by atoms with Gasteiger partial charge < -0.3 is 45.2 Å². The van der Waals surface area contributed by atoms with Gasteiger partial charge in [-0.25, -0.2) is 0 Å². The molecule has 0 bridgehead atoms. The zero-order chi connectivity index (χ0) is 35.2. The number of carbonyl (C=O) groups excluding carboxylic acids is 2. The molecule has 47 heavy (non-hydrogen) atoms. The zero-order valence-electron chi connectivity index (χ0n) is 29.0. The van der Waals surface area contributed by atoms with E-state index in [-0.39, 0.29) is 36.7 Å². The van der Waals surface area contributed by atoms with E-state index < -0.39 is 94.7 Å². The van der Waals surface area contributed by atoms with Crippen LogP contribution in [-0.4, -0.2) is 109 Å². The Hall–Kier alpha value is -1.54. The highest BCUT2D eigenvalue weighted by molar-refractivity contribution is 5.94. The third-order valence-electron chi connectivity index (χ3n) is 13.6. The van der Waals surface area contributed by atoms with Gasteiger partial charge in [0.25, 0.3) is 0 Å². The van der Waals surface area contributed by atoms with E-state index in [4.69, 9.17) is 9.47 Å². The summed E-state index contributed by atoms with van der Waals surface area (Å²) >= 11 is 0. The molecule has 0 radical (unpaired) electrons. The summed E-state index contributed by atoms with van der Waals surface area (Å²) in [6, 6.07) is 0. The Kier molecular flexibility index (Phi) is 9.42. The first-order valence-electron chi connectivity index (χ1n) is 17.1. The van der Waals surface area contributed by atoms with Crippen LogP contribution in [0, 0.1) is 39.4 Å². The molecule has 1 aliphatic heterocycles. The number of hydrogen-bond donors (Lipinski definition) is 7. The van der Waals surface area contributed by atoms with Crippen molar-refractivity contribution in [2.45, 2.75) is 142 Å². The van der Waals surface area contributed by atoms with Gasteiger partial charge in [-0.3, -0.25) is 9.59 Å². The minimum Gasteiger partial charge on any atom is -0.394 e. The number of ether oxygens (including phenoxy) is 2. The van der Waals surface area contributed by atoms with Gasteiger partial charge >= 0.3 is 0 Å². The van der Waals surface area contributed by atoms with Crippen molar-refractivity contribution < 1.29 is 54.8 Å². The van der Waals surface area contributed by atoms with Gasteiger partial charge in [0, 0.05) is 23.2 Å². The first kappa shape index (κ1) is 36.7. The van der Waals surface area contributed by atoms with E-state index in [1.807, 2.05) is 33.8 Å². The van der Waals surface area contributed by atoms with Gasteiger partial charge in [-0.15, -0.1) is 0 Å². The Labute approximate surface area is 277 Å². The summed E-state index contributed by atoms with van der Waals surface area (Å²) in [6.07, 6.45) is -5.71. The molecule has 0 aromatic rings. The van der Waals surface area contributed by atoms with E-state index in [1.165, 1.54) is 0 Å². The summed E-state index contributed by atoms with van der Waals surface area (Å²) < 4.78 is 11.7. The molecule has 11 heteroatoms. The Morgan fingerprint density at radius 3 is 2.30 bits per heavy atom. The second-order valence-electron chi connectivity index (χ2n) is 16.8. The van der Waals surface area contributed by atoms with E-state index in [1.54, 1.807) is 20.8 Å². The van der Waals surface area contributed by atoms with Crippen LogP contribution < -0.4 is 0 Å². The lowest BCUT2D eigenvalue weighted by Gasteiger charge is -2.64. The van der Waals surface area contributed by atoms with Crippen LogP contribution in [0.15, 0.2) is 23.3 Å². The van der Waals surface area contributed by atoms with Crippen molar-refractivity contribution in [3.05, 3.63) is 23.3 Å². The Morgan fingerprint density at radius 1 is 1.06 bits per heavy atom. The Bertz CT molecular complexity index is 1320. The summed E-state index contributed by atoms with van der Waals surface area (Å²) in [5.74, 6) is -1.78. The number of allylic oxidation sites excluding steroid dienone is 3. The van der Waals surface area contributed by atoms with Gasteiger partial charge in [0.15, 0.2) is 12.1 Å². The summed E-state index contributed by atoms with van der Waals surface area (Å²) in [7, 11) is 0. The lowest BCUT2D eigenvalue weighted by molar-refractivity contribution is -0.311. The fourth-order valence-electron chi connectivity index (χ4n) is 10.7. The molecule has 3 saturated carbocycles. The Balaban J connectivity index is 1.50. The minimum atomic E-state index is -1.68. The lowest BCUT2D eigenvalue weighted by atomic mass is 9.38. The van der Waals surface area contributed by atoms with Gasteiger partial charge in [-0.05, 0) is 83.0 Å². The van der Waals surface area contributed by atoms with Crippen LogP contribution in [0.25, 0.3) is 0 Å². The Morgan fingerprint density at radius 2 is 1.70 bits per heavy atom. The molecular formula is C36H56O11. The van der Waals surface area contributed by atoms with Crippen LogP contribution in [-0.2, 0) is 19.1 Å². The van der Waals surface area contributed by atoms with Crippen LogP contribution in [0.1, 0.15) is 87.5 Å². The van der Waals surface area contributed by atoms with Gasteiger partial charge in [0.1, 0.15) is 36.3 Å². The SMILES string of the molecule is CC(C)=CCC(O)[C@](C)(O)[C@H]1[C@H](O)C[C@@]2(C)[C@@H]3CC=C4[C@@H](C[C@H](O[C@@H]5O[C@H](CO)[C@@H](O)[C@H](O)[C@H]5O)C(=O)C4(C)C)[C@]3(C)C(=O)C[C@]12C. The highest BCUT2D eigenvalue weighted by atomic mass is 16.7. The largest absolute Gasteiger partial charge is 0.394 e. The predicted molar refractivity (Wildman–Crippen MR) is 170 cm³/mol. The molecule has 4 fully saturated rings. The number of rotatable bonds is 7. The van der Waals surface area contributed by atoms with Crippen LogP contribution >= 0.6 is 0 Å². The van der Waals surface area contributed by atoms with Crippen molar-refractivity contribution in [3.63, 3.8) is 0 Å². The lowest BCUT2D eigenvalue weighted by Crippen LogP contribution is -2.66. The predicted octanol–water partition coefficient (Wildman–Crippen LogP) is 1.57. The molecule has 0 spiro atoms. The second kappa shape index (κ2) is 12.1. The summed E-state index contributed by atoms with van der Waals surface area (Å²) in [4.78, 5) is 28.7. The highest BCUT2D eigenvalue weighted by Crippen LogP contribution is 2.74. The number of fused-ring (bicyclic) bond motifs is 5. The van der Waals surface area contributed by atoms with Crippen molar-refractivity contribution in [1.29, 1.82) is 0 Å². The number of aliphatic hydroxyl groups is 7. The molecule has 5 rings (SSSR count). The molecule has 11 nitrogen and oxygen atoms in total. The van der Waals surface area contributed by atoms with E-state index >= 15 is 0 Å². The number of Topliss-reactive ketones (excluding diaryl/α,β-unsaturated/α-hetero) is 2. The maximum Gasteiger partial charge on any atom is 0.187 e. The fraction of sp³-hybridized carbons (Fsp3) is 0.833. The zero-order valence-corrected chi connectivity index (χ0v) is 29.0. The summed E-state index contributed by atoms with van der Waals surface area (Å²) in [5.41, 5.74) is -3.30. The van der Waals surface area contributed by atoms with Crippen molar-refractivity contribution in [1.82, 2.24) is 0 Å². The van der Waals surface area contributed by atoms with E-state index in [9.17, 15) is 45.3 Å². The smallest absolute Gasteiger partial charge is 0.187 e. The van der Waals surface area contributed by atoms with Crippen LogP contribution in [0.2, 0.25) is 0 Å². The van der Waals surface area contributed by atoms with Crippen LogP contribution in [0.5, 0.6) is 0 Å². The second-order valence-corrected chi connectivity index (χ2v) is 16.8. The quantitative estimate of drug-likeness (QED) is 0.195. The maximum absolute atomic E-state index is 14.7. The molecule has 1 heterocycles. The summed E-state index contributed by atoms with van der Waals surface area (Å²) in [6.45, 7) is 14.3. The molecule has 0 aromatic heterocycles. The number of carbonyl (C=O) groups is 2. The third kappa shape index (κ3) is 5.26. The molecule has 266 valence electrons. The standard InChI is InChI=1S/C36H56O11/c1-17(2)9-12-24(39)36(8,45)29-20(38)14-33(5)23-11-10-18-19(35(23,7)25(40)15-34(29,33)6)13-21(30(44)32(18,3)4)46-31-28(43)27(42)26(41)22(16-37)47-31/h9-10,19-24,26-29,31,37-39,41-43,45H,11-16H2,1-8H3/t19-,20-,21+,22-,23+,24?,26-,27+,28-,29+,31-,33+,34-,35+,36+/m1/s1. The van der Waals surface area contributed by atoms with E-state index in [0.29, 0.717) is 12.8 Å². The monoisotopic (exact) mass is 664 g/mol. The molecule has 1 saturated heterocycles. The van der Waals surface area contributed by atoms with Gasteiger partial charge in [-0.2, -0.15) is 0 Å². The molecule has 15 atom stereocenters. The number of aliphatic hydroxyl groups excluding tert-OH is 6. The normalized spacial score (nSPS) is 48.0. The van der Waals surface area contributed by atoms with Crippen molar-refractivity contribution in [2.75, 3.05) is 6.61 Å². The minimum absolute atomic E-state index is 0.0384. The highest BCUT2D eigenvalue weighted by Gasteiger charge is 2.74. The fourth-order valence-corrected chi connectivity index (χ4v) is 10.7. The molecule has 5 aliphatic rings. The molecule has 7 N–H and O–H groups in total. The summed E-state index contributed by atoms with van der Waals surface area (Å²) in [5, 5.41) is 75.7. The number of hydrogen-bond acceptors (Lipinski definition) is 11. The van der Waals surface area contributed by atoms with E-state index in [0.717, 1.165) is 11.1 Å². The van der Waals surface area contributed by atoms with Crippen molar-refractivity contribution in [3.8, 4) is 0 Å². The average Bonchev–Trinajstić information content (AvgIpc) is 3.19. The topological polar surface area (TPSA) is 194 Å². The molecular weight excluding hydrogens is 608 g/mol. The van der Waals surface area contributed by atoms with Crippen molar-refractivity contribution >= 4 is 11.6 Å². The van der Waals surface area contributed by atoms with Crippen LogP contribution in [0.3, 0.4) is 0 Å². The third-order valence-corrected chi connectivity index (χ3v) is 13.6. The molecule has 0 aromatic carbocycles. The van der Waals surface area contributed by atoms with Crippen LogP contribution in [0.4, 0.5) is 0 Å². The average molecular weight is 665 g/mol. The molecule has 0 amide bonds. The first-order valence-corrected chi connectivity index (χ1v) is 17.1. The number of ketones is 2. The maximum atomic E-state index is 14.7. The molecule has 1 unspecified atom stereocenters.